The predicted molar refractivity (Wildman–Crippen MR) is 76.9 cm³/mol. The molecule has 0 N–H and O–H groups in total. The largest absolute Gasteiger partial charge is 0.303 e. The molecule has 0 spiro atoms. The van der Waals surface area contributed by atoms with E-state index in [9.17, 15) is 4.79 Å². The van der Waals surface area contributed by atoms with E-state index in [-0.39, 0.29) is 10.8 Å². The van der Waals surface area contributed by atoms with E-state index in [1.54, 1.807) is 0 Å². The molecule has 0 radical (unpaired) electrons. The molecule has 0 unspecified atom stereocenters. The predicted octanol–water partition coefficient (Wildman–Crippen LogP) is 4.74. The fraction of sp³-hybridized carbons (Fsp3) is 0.812. The lowest BCUT2D eigenvalue weighted by atomic mass is 9.50. The highest BCUT2D eigenvalue weighted by molar-refractivity contribution is 6.20. The van der Waals surface area contributed by atoms with Crippen LogP contribution in [0.4, 0.5) is 0 Å². The first-order valence-electron chi connectivity index (χ1n) is 7.18. The molecular formula is C16H25ClO. The van der Waals surface area contributed by atoms with Gasteiger partial charge in [0, 0.05) is 10.8 Å². The number of carbonyl (C=O) groups excluding carboxylic acids is 1. The zero-order chi connectivity index (χ0) is 13.4. The van der Waals surface area contributed by atoms with Gasteiger partial charge in [-0.1, -0.05) is 26.0 Å². The number of carbonyl (C=O) groups is 1. The molecule has 0 aliphatic heterocycles. The minimum atomic E-state index is -0.148. The molecule has 0 aromatic carbocycles. The maximum Gasteiger partial charge on any atom is 0.126 e. The average molecular weight is 269 g/mol. The lowest BCUT2D eigenvalue weighted by Crippen LogP contribution is -2.49. The van der Waals surface area contributed by atoms with Crippen LogP contribution in [0.25, 0.3) is 0 Å². The molecule has 2 heteroatoms. The SMILES string of the molecule is C=C1CC[C@](C=O)(C2CCC(Cl)CC2)C(C)(C)C1. The third-order valence-corrected chi connectivity index (χ3v) is 5.88. The van der Waals surface area contributed by atoms with Crippen molar-refractivity contribution in [2.75, 3.05) is 0 Å². The molecule has 2 rings (SSSR count). The summed E-state index contributed by atoms with van der Waals surface area (Å²) in [5.41, 5.74) is 1.21. The fourth-order valence-electron chi connectivity index (χ4n) is 4.24. The lowest BCUT2D eigenvalue weighted by Gasteiger charge is -2.53. The maximum atomic E-state index is 11.9. The van der Waals surface area contributed by atoms with E-state index in [1.807, 2.05) is 0 Å². The molecule has 0 bridgehead atoms. The van der Waals surface area contributed by atoms with Gasteiger partial charge >= 0.3 is 0 Å². The van der Waals surface area contributed by atoms with Crippen LogP contribution in [-0.4, -0.2) is 11.7 Å². The van der Waals surface area contributed by atoms with Crippen molar-refractivity contribution < 1.29 is 4.79 Å². The highest BCUT2D eigenvalue weighted by Crippen LogP contribution is 2.57. The second-order valence-electron chi connectivity index (χ2n) is 6.92. The molecule has 102 valence electrons. The molecule has 0 aromatic heterocycles. The summed E-state index contributed by atoms with van der Waals surface area (Å²) in [4.78, 5) is 11.9. The summed E-state index contributed by atoms with van der Waals surface area (Å²) in [7, 11) is 0. The van der Waals surface area contributed by atoms with Gasteiger partial charge in [-0.15, -0.1) is 11.6 Å². The normalized spacial score (nSPS) is 40.5. The Bertz CT molecular complexity index is 339. The van der Waals surface area contributed by atoms with Gasteiger partial charge in [-0.05, 0) is 56.3 Å². The van der Waals surface area contributed by atoms with Gasteiger partial charge in [0.2, 0.25) is 0 Å². The third kappa shape index (κ3) is 2.27. The van der Waals surface area contributed by atoms with Crippen molar-refractivity contribution in [3.8, 4) is 0 Å². The first-order chi connectivity index (χ1) is 8.41. The number of rotatable bonds is 2. The number of allylic oxidation sites excluding steroid dienone is 1. The van der Waals surface area contributed by atoms with Gasteiger partial charge in [0.1, 0.15) is 6.29 Å². The summed E-state index contributed by atoms with van der Waals surface area (Å²) in [6.45, 7) is 8.63. The smallest absolute Gasteiger partial charge is 0.126 e. The van der Waals surface area contributed by atoms with E-state index in [0.717, 1.165) is 44.9 Å². The third-order valence-electron chi connectivity index (χ3n) is 5.44. The van der Waals surface area contributed by atoms with E-state index in [1.165, 1.54) is 11.9 Å². The molecule has 18 heavy (non-hydrogen) atoms. The standard InChI is InChI=1S/C16H25ClO/c1-12-8-9-16(11-18,15(2,3)10-12)13-4-6-14(17)7-5-13/h11,13-14H,1,4-10H2,2-3H3/t13?,14?,16-/m0/s1. The topological polar surface area (TPSA) is 17.1 Å². The Balaban J connectivity index is 2.24. The van der Waals surface area contributed by atoms with Gasteiger partial charge in [-0.3, -0.25) is 0 Å². The van der Waals surface area contributed by atoms with Crippen molar-refractivity contribution in [3.63, 3.8) is 0 Å². The molecule has 0 heterocycles. The summed E-state index contributed by atoms with van der Waals surface area (Å²) >= 11 is 6.20. The van der Waals surface area contributed by atoms with Crippen LogP contribution in [0.15, 0.2) is 12.2 Å². The average Bonchev–Trinajstić information content (AvgIpc) is 2.30. The fourth-order valence-corrected chi connectivity index (χ4v) is 4.49. The van der Waals surface area contributed by atoms with Crippen LogP contribution in [0.3, 0.4) is 0 Å². The van der Waals surface area contributed by atoms with Crippen LogP contribution >= 0.6 is 11.6 Å². The maximum absolute atomic E-state index is 11.9. The van der Waals surface area contributed by atoms with Crippen LogP contribution in [0.1, 0.15) is 58.8 Å². The summed E-state index contributed by atoms with van der Waals surface area (Å²) in [5, 5.41) is 0.326. The van der Waals surface area contributed by atoms with E-state index in [4.69, 9.17) is 11.6 Å². The highest BCUT2D eigenvalue weighted by atomic mass is 35.5. The van der Waals surface area contributed by atoms with Gasteiger partial charge < -0.3 is 4.79 Å². The highest BCUT2D eigenvalue weighted by Gasteiger charge is 2.52. The Morgan fingerprint density at radius 3 is 2.39 bits per heavy atom. The molecule has 0 amide bonds. The Morgan fingerprint density at radius 1 is 1.28 bits per heavy atom. The van der Waals surface area contributed by atoms with Gasteiger partial charge in [-0.25, -0.2) is 0 Å². The van der Waals surface area contributed by atoms with Gasteiger partial charge in [0.15, 0.2) is 0 Å². The summed E-state index contributed by atoms with van der Waals surface area (Å²) in [5.74, 6) is 0.521. The summed E-state index contributed by atoms with van der Waals surface area (Å²) < 4.78 is 0. The van der Waals surface area contributed by atoms with E-state index in [0.29, 0.717) is 11.3 Å². The number of hydrogen-bond acceptors (Lipinski definition) is 1. The summed E-state index contributed by atoms with van der Waals surface area (Å²) in [6.07, 6.45) is 8.64. The first kappa shape index (κ1) is 14.1. The second-order valence-corrected chi connectivity index (χ2v) is 7.53. The Labute approximate surface area is 116 Å². The molecule has 0 aromatic rings. The van der Waals surface area contributed by atoms with Gasteiger partial charge in [0.25, 0.3) is 0 Å². The van der Waals surface area contributed by atoms with Crippen molar-refractivity contribution in [1.82, 2.24) is 0 Å². The zero-order valence-electron chi connectivity index (χ0n) is 11.7. The lowest BCUT2D eigenvalue weighted by molar-refractivity contribution is -0.132. The molecule has 1 nitrogen and oxygen atoms in total. The zero-order valence-corrected chi connectivity index (χ0v) is 12.4. The molecule has 2 fully saturated rings. The van der Waals surface area contributed by atoms with Crippen LogP contribution in [0.5, 0.6) is 0 Å². The van der Waals surface area contributed by atoms with Gasteiger partial charge in [0.05, 0.1) is 0 Å². The minimum absolute atomic E-state index is 0.0495. The molecule has 2 aliphatic rings. The molecule has 1 atom stereocenters. The quantitative estimate of drug-likeness (QED) is 0.402. The van der Waals surface area contributed by atoms with E-state index >= 15 is 0 Å². The molecule has 0 saturated heterocycles. The number of halogens is 1. The van der Waals surface area contributed by atoms with Crippen molar-refractivity contribution in [1.29, 1.82) is 0 Å². The van der Waals surface area contributed by atoms with Crippen LogP contribution < -0.4 is 0 Å². The van der Waals surface area contributed by atoms with Crippen LogP contribution in [0, 0.1) is 16.7 Å². The molecule has 2 saturated carbocycles. The monoisotopic (exact) mass is 268 g/mol. The van der Waals surface area contributed by atoms with Crippen molar-refractivity contribution in [2.45, 2.75) is 64.2 Å². The molecule has 2 aliphatic carbocycles. The van der Waals surface area contributed by atoms with E-state index in [2.05, 4.69) is 20.4 Å². The van der Waals surface area contributed by atoms with Crippen molar-refractivity contribution >= 4 is 17.9 Å². The Hall–Kier alpha value is -0.300. The van der Waals surface area contributed by atoms with E-state index < -0.39 is 0 Å². The Kier molecular flexibility index (Phi) is 3.92. The number of hydrogen-bond donors (Lipinski definition) is 0. The Morgan fingerprint density at radius 2 is 1.89 bits per heavy atom. The van der Waals surface area contributed by atoms with Crippen molar-refractivity contribution in [2.24, 2.45) is 16.7 Å². The minimum Gasteiger partial charge on any atom is -0.303 e. The molecular weight excluding hydrogens is 244 g/mol. The first-order valence-corrected chi connectivity index (χ1v) is 7.62. The van der Waals surface area contributed by atoms with Gasteiger partial charge in [-0.2, -0.15) is 0 Å². The summed E-state index contributed by atoms with van der Waals surface area (Å²) in [6, 6.07) is 0. The van der Waals surface area contributed by atoms with Crippen LogP contribution in [-0.2, 0) is 4.79 Å². The van der Waals surface area contributed by atoms with Crippen molar-refractivity contribution in [3.05, 3.63) is 12.2 Å². The van der Waals surface area contributed by atoms with Crippen LogP contribution in [0.2, 0.25) is 0 Å². The number of aldehydes is 1. The second kappa shape index (κ2) is 5.00. The number of alkyl halides is 1.